The van der Waals surface area contributed by atoms with Crippen molar-refractivity contribution in [3.8, 4) is 0 Å². The molecule has 0 aromatic heterocycles. The number of nitrogens with zero attached hydrogens (tertiary/aromatic N) is 1. The average molecular weight is 281 g/mol. The molecule has 1 aliphatic rings. The van der Waals surface area contributed by atoms with Gasteiger partial charge in [-0.2, -0.15) is 0 Å². The van der Waals surface area contributed by atoms with Crippen molar-refractivity contribution < 1.29 is 0 Å². The predicted octanol–water partition coefficient (Wildman–Crippen LogP) is 4.00. The summed E-state index contributed by atoms with van der Waals surface area (Å²) in [5, 5.41) is 0.859. The van der Waals surface area contributed by atoms with E-state index in [-0.39, 0.29) is 0 Å². The molecule has 0 amide bonds. The van der Waals surface area contributed by atoms with Gasteiger partial charge in [0, 0.05) is 13.1 Å². The van der Waals surface area contributed by atoms with Crippen LogP contribution in [-0.4, -0.2) is 19.6 Å². The third-order valence-electron chi connectivity index (χ3n) is 4.20. The monoisotopic (exact) mass is 280 g/mol. The van der Waals surface area contributed by atoms with Crippen LogP contribution < -0.4 is 10.6 Å². The highest BCUT2D eigenvalue weighted by atomic mass is 35.5. The molecule has 0 heterocycles. The van der Waals surface area contributed by atoms with Gasteiger partial charge in [0.15, 0.2) is 0 Å². The van der Waals surface area contributed by atoms with Crippen molar-refractivity contribution in [2.24, 2.45) is 5.73 Å². The van der Waals surface area contributed by atoms with E-state index in [2.05, 4.69) is 30.1 Å². The zero-order valence-corrected chi connectivity index (χ0v) is 12.6. The van der Waals surface area contributed by atoms with Crippen LogP contribution in [0.15, 0.2) is 18.2 Å². The number of nitrogens with two attached hydrogens (primary N) is 1. The maximum Gasteiger partial charge on any atom is 0.0642 e. The third kappa shape index (κ3) is 3.87. The SMILES string of the molecule is CN(c1ccc(CCN)cc1Cl)C1CCCCCC1. The van der Waals surface area contributed by atoms with Gasteiger partial charge in [0.25, 0.3) is 0 Å². The smallest absolute Gasteiger partial charge is 0.0642 e. The van der Waals surface area contributed by atoms with Crippen molar-refractivity contribution in [2.45, 2.75) is 51.0 Å². The fourth-order valence-electron chi connectivity index (χ4n) is 3.00. The molecular weight excluding hydrogens is 256 g/mol. The van der Waals surface area contributed by atoms with E-state index in [1.807, 2.05) is 0 Å². The van der Waals surface area contributed by atoms with Crippen LogP contribution in [0, 0.1) is 0 Å². The van der Waals surface area contributed by atoms with Gasteiger partial charge in [-0.1, -0.05) is 43.4 Å². The Hall–Kier alpha value is -0.730. The molecule has 0 saturated heterocycles. The van der Waals surface area contributed by atoms with E-state index >= 15 is 0 Å². The van der Waals surface area contributed by atoms with Crippen molar-refractivity contribution in [2.75, 3.05) is 18.5 Å². The van der Waals surface area contributed by atoms with Crippen molar-refractivity contribution in [1.29, 1.82) is 0 Å². The van der Waals surface area contributed by atoms with Gasteiger partial charge in [-0.15, -0.1) is 0 Å². The summed E-state index contributed by atoms with van der Waals surface area (Å²) in [4.78, 5) is 2.37. The molecule has 3 heteroatoms. The molecule has 1 fully saturated rings. The first-order valence-corrected chi connectivity index (χ1v) is 7.81. The van der Waals surface area contributed by atoms with Crippen molar-refractivity contribution in [3.05, 3.63) is 28.8 Å². The summed E-state index contributed by atoms with van der Waals surface area (Å²) in [6.07, 6.45) is 8.93. The number of rotatable bonds is 4. The van der Waals surface area contributed by atoms with E-state index in [1.165, 1.54) is 44.1 Å². The van der Waals surface area contributed by atoms with Crippen LogP contribution in [0.5, 0.6) is 0 Å². The maximum atomic E-state index is 6.44. The fourth-order valence-corrected chi connectivity index (χ4v) is 3.34. The molecule has 1 aliphatic carbocycles. The van der Waals surface area contributed by atoms with Crippen LogP contribution in [0.4, 0.5) is 5.69 Å². The predicted molar refractivity (Wildman–Crippen MR) is 84.1 cm³/mol. The molecule has 2 nitrogen and oxygen atoms in total. The average Bonchev–Trinajstić information content (AvgIpc) is 2.67. The normalized spacial score (nSPS) is 17.2. The Labute approximate surface area is 121 Å². The van der Waals surface area contributed by atoms with Crippen molar-refractivity contribution in [3.63, 3.8) is 0 Å². The van der Waals surface area contributed by atoms with E-state index < -0.39 is 0 Å². The topological polar surface area (TPSA) is 29.3 Å². The minimum atomic E-state index is 0.639. The molecule has 2 N–H and O–H groups in total. The largest absolute Gasteiger partial charge is 0.370 e. The summed E-state index contributed by atoms with van der Waals surface area (Å²) >= 11 is 6.44. The minimum Gasteiger partial charge on any atom is -0.370 e. The van der Waals surface area contributed by atoms with E-state index in [9.17, 15) is 0 Å². The van der Waals surface area contributed by atoms with Crippen molar-refractivity contribution in [1.82, 2.24) is 0 Å². The highest BCUT2D eigenvalue weighted by molar-refractivity contribution is 6.33. The van der Waals surface area contributed by atoms with Crippen molar-refractivity contribution >= 4 is 17.3 Å². The number of benzene rings is 1. The summed E-state index contributed by atoms with van der Waals surface area (Å²) in [7, 11) is 2.18. The van der Waals surface area contributed by atoms with E-state index in [4.69, 9.17) is 17.3 Å². The molecule has 1 aromatic rings. The highest BCUT2D eigenvalue weighted by Gasteiger charge is 2.19. The van der Waals surface area contributed by atoms with Gasteiger partial charge in [0.05, 0.1) is 10.7 Å². The number of halogens is 1. The van der Waals surface area contributed by atoms with Crippen LogP contribution in [0.2, 0.25) is 5.02 Å². The lowest BCUT2D eigenvalue weighted by Gasteiger charge is -2.30. The summed E-state index contributed by atoms with van der Waals surface area (Å²) in [5.41, 5.74) is 7.98. The van der Waals surface area contributed by atoms with Gasteiger partial charge in [-0.25, -0.2) is 0 Å². The third-order valence-corrected chi connectivity index (χ3v) is 4.50. The quantitative estimate of drug-likeness (QED) is 0.845. The van der Waals surface area contributed by atoms with E-state index in [0.29, 0.717) is 12.6 Å². The number of hydrogen-bond donors (Lipinski definition) is 1. The lowest BCUT2D eigenvalue weighted by molar-refractivity contribution is 0.553. The Morgan fingerprint density at radius 3 is 2.47 bits per heavy atom. The van der Waals surface area contributed by atoms with Crippen LogP contribution in [-0.2, 0) is 6.42 Å². The molecule has 1 saturated carbocycles. The van der Waals surface area contributed by atoms with Crippen LogP contribution in [0.25, 0.3) is 0 Å². The van der Waals surface area contributed by atoms with Crippen LogP contribution in [0.1, 0.15) is 44.1 Å². The number of hydrogen-bond acceptors (Lipinski definition) is 2. The summed E-state index contributed by atoms with van der Waals surface area (Å²) in [6.45, 7) is 0.675. The van der Waals surface area contributed by atoms with Gasteiger partial charge >= 0.3 is 0 Å². The Bertz CT molecular complexity index is 398. The standard InChI is InChI=1S/C16H25ClN2/c1-19(14-6-4-2-3-5-7-14)16-9-8-13(10-11-18)12-15(16)17/h8-9,12,14H,2-7,10-11,18H2,1H3. The second kappa shape index (κ2) is 7.16. The lowest BCUT2D eigenvalue weighted by atomic mass is 10.1. The first-order chi connectivity index (χ1) is 9.22. The first-order valence-electron chi connectivity index (χ1n) is 7.43. The van der Waals surface area contributed by atoms with Gasteiger partial charge in [0.2, 0.25) is 0 Å². The lowest BCUT2D eigenvalue weighted by Crippen LogP contribution is -2.31. The Balaban J connectivity index is 2.11. The molecule has 0 radical (unpaired) electrons. The molecule has 0 atom stereocenters. The molecule has 106 valence electrons. The zero-order valence-electron chi connectivity index (χ0n) is 11.9. The zero-order chi connectivity index (χ0) is 13.7. The summed E-state index contributed by atoms with van der Waals surface area (Å²) in [5.74, 6) is 0. The van der Waals surface area contributed by atoms with Gasteiger partial charge in [-0.05, 0) is 43.5 Å². The molecule has 0 spiro atoms. The fraction of sp³-hybridized carbons (Fsp3) is 0.625. The van der Waals surface area contributed by atoms with Gasteiger partial charge in [0.1, 0.15) is 0 Å². The Morgan fingerprint density at radius 1 is 1.21 bits per heavy atom. The minimum absolute atomic E-state index is 0.639. The second-order valence-corrected chi connectivity index (χ2v) is 5.99. The van der Waals surface area contributed by atoms with E-state index in [0.717, 1.165) is 17.1 Å². The Kier molecular flexibility index (Phi) is 5.53. The highest BCUT2D eigenvalue weighted by Crippen LogP contribution is 2.31. The molecular formula is C16H25ClN2. The van der Waals surface area contributed by atoms with Gasteiger partial charge < -0.3 is 10.6 Å². The van der Waals surface area contributed by atoms with E-state index in [1.54, 1.807) is 0 Å². The van der Waals surface area contributed by atoms with Gasteiger partial charge in [-0.3, -0.25) is 0 Å². The molecule has 1 aromatic carbocycles. The number of anilines is 1. The van der Waals surface area contributed by atoms with Crippen LogP contribution in [0.3, 0.4) is 0 Å². The second-order valence-electron chi connectivity index (χ2n) is 5.58. The van der Waals surface area contributed by atoms with Crippen LogP contribution >= 0.6 is 11.6 Å². The summed E-state index contributed by atoms with van der Waals surface area (Å²) < 4.78 is 0. The summed E-state index contributed by atoms with van der Waals surface area (Å²) in [6, 6.07) is 7.01. The molecule has 0 unspecified atom stereocenters. The first kappa shape index (κ1) is 14.7. The Morgan fingerprint density at radius 2 is 1.89 bits per heavy atom. The molecule has 0 bridgehead atoms. The molecule has 0 aliphatic heterocycles. The molecule has 2 rings (SSSR count). The maximum absolute atomic E-state index is 6.44. The molecule has 19 heavy (non-hydrogen) atoms.